The van der Waals surface area contributed by atoms with E-state index < -0.39 is 0 Å². The van der Waals surface area contributed by atoms with Crippen molar-refractivity contribution in [3.63, 3.8) is 0 Å². The lowest BCUT2D eigenvalue weighted by atomic mass is 10.2. The molecule has 0 fully saturated rings. The van der Waals surface area contributed by atoms with E-state index in [0.29, 0.717) is 11.6 Å². The normalized spacial score (nSPS) is 11.8. The quantitative estimate of drug-likeness (QED) is 0.448. The molecular weight excluding hydrogens is 246 g/mol. The number of hydrogen-bond donors (Lipinski definition) is 3. The number of nitrogen functional groups attached to an aromatic ring is 2. The van der Waals surface area contributed by atoms with Crippen LogP contribution in [0.4, 0.5) is 11.6 Å². The molecule has 0 amide bonds. The molecule has 0 saturated heterocycles. The van der Waals surface area contributed by atoms with Crippen molar-refractivity contribution in [1.82, 2.24) is 9.97 Å². The molecule has 3 aromatic heterocycles. The van der Waals surface area contributed by atoms with E-state index in [-0.39, 0.29) is 0 Å². The second-order valence-electron chi connectivity index (χ2n) is 4.18. The number of aromatic nitrogens is 3. The SMILES string of the molecule is Nc1nc2sc3c(N)[nH+]c[nH]c3c2c2cccc12. The summed E-state index contributed by atoms with van der Waals surface area (Å²) in [6, 6.07) is 6.03. The molecule has 4 rings (SSSR count). The summed E-state index contributed by atoms with van der Waals surface area (Å²) in [4.78, 5) is 11.5. The van der Waals surface area contributed by atoms with Gasteiger partial charge in [-0.1, -0.05) is 18.2 Å². The Morgan fingerprint density at radius 1 is 1.22 bits per heavy atom. The topological polar surface area (TPSA) is 94.9 Å². The van der Waals surface area contributed by atoms with E-state index in [1.54, 1.807) is 17.7 Å². The van der Waals surface area contributed by atoms with Gasteiger partial charge in [0.05, 0.1) is 5.39 Å². The minimum atomic E-state index is 0.566. The summed E-state index contributed by atoms with van der Waals surface area (Å²) in [5.41, 5.74) is 12.9. The molecule has 3 heterocycles. The zero-order valence-electron chi connectivity index (χ0n) is 9.32. The van der Waals surface area contributed by atoms with Crippen molar-refractivity contribution < 1.29 is 4.98 Å². The minimum Gasteiger partial charge on any atom is -0.383 e. The van der Waals surface area contributed by atoms with Gasteiger partial charge in [-0.05, 0) is 5.39 Å². The first-order valence-corrected chi connectivity index (χ1v) is 6.32. The first-order valence-electron chi connectivity index (χ1n) is 5.50. The van der Waals surface area contributed by atoms with Gasteiger partial charge in [-0.3, -0.25) is 9.97 Å². The molecule has 6 heteroatoms. The van der Waals surface area contributed by atoms with Crippen LogP contribution in [0.1, 0.15) is 0 Å². The smallest absolute Gasteiger partial charge is 0.237 e. The van der Waals surface area contributed by atoms with E-state index in [1.807, 2.05) is 12.1 Å². The monoisotopic (exact) mass is 256 g/mol. The van der Waals surface area contributed by atoms with Crippen LogP contribution in [0.5, 0.6) is 0 Å². The molecular formula is C12H10N5S+. The van der Waals surface area contributed by atoms with E-state index in [0.717, 1.165) is 31.2 Å². The molecule has 0 aliphatic rings. The molecule has 0 aliphatic carbocycles. The number of thiophene rings is 1. The number of H-pyrrole nitrogens is 2. The number of pyridine rings is 1. The van der Waals surface area contributed by atoms with Crippen LogP contribution in [0.2, 0.25) is 0 Å². The van der Waals surface area contributed by atoms with Gasteiger partial charge in [-0.2, -0.15) is 0 Å². The number of hydrogen-bond acceptors (Lipinski definition) is 4. The van der Waals surface area contributed by atoms with Crippen LogP contribution in [0, 0.1) is 0 Å². The van der Waals surface area contributed by atoms with Gasteiger partial charge in [0.1, 0.15) is 20.9 Å². The highest BCUT2D eigenvalue weighted by Crippen LogP contribution is 2.39. The van der Waals surface area contributed by atoms with E-state index in [4.69, 9.17) is 11.5 Å². The first-order chi connectivity index (χ1) is 8.75. The lowest BCUT2D eigenvalue weighted by Crippen LogP contribution is -2.09. The number of anilines is 2. The van der Waals surface area contributed by atoms with Gasteiger partial charge in [0, 0.05) is 5.39 Å². The molecule has 5 nitrogen and oxygen atoms in total. The highest BCUT2D eigenvalue weighted by Gasteiger charge is 2.17. The molecule has 0 bridgehead atoms. The fraction of sp³-hybridized carbons (Fsp3) is 0. The van der Waals surface area contributed by atoms with Crippen LogP contribution in [0.25, 0.3) is 31.2 Å². The highest BCUT2D eigenvalue weighted by atomic mass is 32.1. The molecule has 0 atom stereocenters. The van der Waals surface area contributed by atoms with Crippen LogP contribution in [0.15, 0.2) is 24.5 Å². The Labute approximate surface area is 105 Å². The van der Waals surface area contributed by atoms with Crippen LogP contribution >= 0.6 is 11.3 Å². The highest BCUT2D eigenvalue weighted by molar-refractivity contribution is 7.26. The Bertz CT molecular complexity index is 905. The van der Waals surface area contributed by atoms with Crippen molar-refractivity contribution in [1.29, 1.82) is 0 Å². The fourth-order valence-corrected chi connectivity index (χ4v) is 3.44. The predicted octanol–water partition coefficient (Wildman–Crippen LogP) is 1.91. The molecule has 0 saturated carbocycles. The van der Waals surface area contributed by atoms with Crippen molar-refractivity contribution in [2.45, 2.75) is 0 Å². The summed E-state index contributed by atoms with van der Waals surface area (Å²) in [6.45, 7) is 0. The van der Waals surface area contributed by atoms with Gasteiger partial charge < -0.3 is 11.5 Å². The summed E-state index contributed by atoms with van der Waals surface area (Å²) in [5, 5.41) is 3.19. The number of fused-ring (bicyclic) bond motifs is 5. The Morgan fingerprint density at radius 2 is 2.06 bits per heavy atom. The second kappa shape index (κ2) is 3.11. The maximum absolute atomic E-state index is 5.97. The van der Waals surface area contributed by atoms with Gasteiger partial charge in [0.2, 0.25) is 5.82 Å². The summed E-state index contributed by atoms with van der Waals surface area (Å²) in [7, 11) is 0. The van der Waals surface area contributed by atoms with Crippen molar-refractivity contribution >= 4 is 54.2 Å². The Kier molecular flexibility index (Phi) is 1.67. The van der Waals surface area contributed by atoms with Gasteiger partial charge in [-0.15, -0.1) is 11.3 Å². The molecule has 0 radical (unpaired) electrons. The summed E-state index contributed by atoms with van der Waals surface area (Å²) >= 11 is 1.54. The molecule has 0 spiro atoms. The Hall–Kier alpha value is -2.34. The minimum absolute atomic E-state index is 0.566. The lowest BCUT2D eigenvalue weighted by molar-refractivity contribution is -0.363. The van der Waals surface area contributed by atoms with Crippen LogP contribution in [-0.4, -0.2) is 9.97 Å². The average molecular weight is 256 g/mol. The molecule has 88 valence electrons. The van der Waals surface area contributed by atoms with E-state index in [1.165, 1.54) is 0 Å². The van der Waals surface area contributed by atoms with Gasteiger partial charge in [0.25, 0.3) is 0 Å². The van der Waals surface area contributed by atoms with Crippen LogP contribution in [-0.2, 0) is 0 Å². The van der Waals surface area contributed by atoms with E-state index in [2.05, 4.69) is 21.0 Å². The molecule has 0 aliphatic heterocycles. The third-order valence-electron chi connectivity index (χ3n) is 3.16. The number of rotatable bonds is 0. The Balaban J connectivity index is 2.40. The zero-order valence-corrected chi connectivity index (χ0v) is 10.1. The largest absolute Gasteiger partial charge is 0.383 e. The molecule has 0 unspecified atom stereocenters. The molecule has 4 aromatic rings. The third kappa shape index (κ3) is 1.05. The van der Waals surface area contributed by atoms with Gasteiger partial charge in [0.15, 0.2) is 6.33 Å². The molecule has 18 heavy (non-hydrogen) atoms. The predicted molar refractivity (Wildman–Crippen MR) is 74.4 cm³/mol. The number of nitrogens with two attached hydrogens (primary N) is 2. The van der Waals surface area contributed by atoms with Crippen molar-refractivity contribution in [2.24, 2.45) is 0 Å². The standard InChI is InChI=1S/C12H9N5S/c13-10-6-3-1-2-5(6)7-8-9(18-12(7)17-10)11(14)16-4-15-8/h1-4H,13-14H2,(H,15,16)/p+1. The number of aromatic amines is 2. The lowest BCUT2D eigenvalue weighted by Gasteiger charge is -1.97. The Morgan fingerprint density at radius 3 is 2.94 bits per heavy atom. The van der Waals surface area contributed by atoms with Crippen LogP contribution < -0.4 is 16.5 Å². The third-order valence-corrected chi connectivity index (χ3v) is 4.28. The van der Waals surface area contributed by atoms with Crippen molar-refractivity contribution in [3.8, 4) is 0 Å². The number of nitrogens with zero attached hydrogens (tertiary/aromatic N) is 1. The fourth-order valence-electron chi connectivity index (χ4n) is 2.36. The molecule has 6 N–H and O–H groups in total. The van der Waals surface area contributed by atoms with E-state index >= 15 is 0 Å². The van der Waals surface area contributed by atoms with E-state index in [9.17, 15) is 0 Å². The maximum Gasteiger partial charge on any atom is 0.237 e. The van der Waals surface area contributed by atoms with Crippen molar-refractivity contribution in [2.75, 3.05) is 11.5 Å². The second-order valence-corrected chi connectivity index (χ2v) is 5.18. The van der Waals surface area contributed by atoms with Crippen molar-refractivity contribution in [3.05, 3.63) is 24.5 Å². The summed E-state index contributed by atoms with van der Waals surface area (Å²) in [6.07, 6.45) is 1.73. The van der Waals surface area contributed by atoms with Crippen LogP contribution in [0.3, 0.4) is 0 Å². The average Bonchev–Trinajstić information content (AvgIpc) is 2.93. The van der Waals surface area contributed by atoms with Gasteiger partial charge >= 0.3 is 0 Å². The number of nitrogens with one attached hydrogen (secondary N) is 2. The maximum atomic E-state index is 5.97. The summed E-state index contributed by atoms with van der Waals surface area (Å²) < 4.78 is 0.980. The summed E-state index contributed by atoms with van der Waals surface area (Å²) in [5.74, 6) is 1.21. The molecule has 1 aromatic carbocycles. The van der Waals surface area contributed by atoms with Gasteiger partial charge in [-0.25, -0.2) is 4.98 Å². The zero-order chi connectivity index (χ0) is 12.3. The first kappa shape index (κ1) is 9.67.